The lowest BCUT2D eigenvalue weighted by Gasteiger charge is -2.14. The van der Waals surface area contributed by atoms with Gasteiger partial charge in [-0.15, -0.1) is 0 Å². The van der Waals surface area contributed by atoms with Gasteiger partial charge >= 0.3 is 0 Å². The monoisotopic (exact) mass is 495 g/mol. The van der Waals surface area contributed by atoms with Crippen molar-refractivity contribution >= 4 is 44.5 Å². The second-order valence-corrected chi connectivity index (χ2v) is 8.50. The van der Waals surface area contributed by atoms with Crippen molar-refractivity contribution in [3.05, 3.63) is 98.7 Å². The fraction of sp³-hybridized carbons (Fsp3) is 0.0870. The number of hydrogen-bond acceptors (Lipinski definition) is 5. The minimum absolute atomic E-state index is 0.329. The fourth-order valence-corrected chi connectivity index (χ4v) is 4.33. The van der Waals surface area contributed by atoms with E-state index >= 15 is 0 Å². The highest BCUT2D eigenvalue weighted by Gasteiger charge is 2.15. The fourth-order valence-electron chi connectivity index (χ4n) is 2.99. The maximum atomic E-state index is 13.1. The Bertz CT molecular complexity index is 1310. The van der Waals surface area contributed by atoms with Crippen molar-refractivity contribution in [1.29, 1.82) is 0 Å². The van der Waals surface area contributed by atoms with Gasteiger partial charge in [0.2, 0.25) is 0 Å². The van der Waals surface area contributed by atoms with Crippen LogP contribution >= 0.6 is 27.7 Å². The third kappa shape index (κ3) is 4.81. The van der Waals surface area contributed by atoms with Crippen LogP contribution in [0, 0.1) is 0 Å². The number of aromatic nitrogens is 2. The number of para-hydroxylation sites is 1. The predicted molar refractivity (Wildman–Crippen MR) is 126 cm³/mol. The first-order valence-corrected chi connectivity index (χ1v) is 11.2. The molecular weight excluding hydrogens is 478 g/mol. The Hall–Kier alpha value is -3.10. The molecule has 1 amide bonds. The number of thioether (sulfide) groups is 1. The molecule has 6 nitrogen and oxygen atoms in total. The number of methoxy groups -OCH3 is 1. The van der Waals surface area contributed by atoms with Crippen LogP contribution in [-0.2, 0) is 5.75 Å². The number of nitrogens with one attached hydrogen (secondary N) is 1. The van der Waals surface area contributed by atoms with Gasteiger partial charge in [-0.2, -0.15) is 4.68 Å². The molecule has 0 radical (unpaired) electrons. The summed E-state index contributed by atoms with van der Waals surface area (Å²) in [4.78, 5) is 30.6. The van der Waals surface area contributed by atoms with Crippen LogP contribution in [0.5, 0.6) is 5.75 Å². The molecule has 0 aliphatic heterocycles. The molecule has 156 valence electrons. The van der Waals surface area contributed by atoms with E-state index in [0.717, 1.165) is 10.0 Å². The first kappa shape index (κ1) is 21.1. The number of halogens is 1. The summed E-state index contributed by atoms with van der Waals surface area (Å²) >= 11 is 4.85. The lowest BCUT2D eigenvalue weighted by Crippen LogP contribution is -2.35. The first-order chi connectivity index (χ1) is 15.0. The molecule has 31 heavy (non-hydrogen) atoms. The van der Waals surface area contributed by atoms with Crippen molar-refractivity contribution in [2.45, 2.75) is 10.9 Å². The number of benzene rings is 3. The number of rotatable bonds is 6. The SMILES string of the molecule is COc1ccc(C(=O)Nn2c(SCc3cccc(Br)c3)nc3ccccc3c2=O)cc1. The van der Waals surface area contributed by atoms with Gasteiger partial charge in [0.25, 0.3) is 11.5 Å². The molecule has 8 heteroatoms. The highest BCUT2D eigenvalue weighted by Crippen LogP contribution is 2.23. The zero-order valence-corrected chi connectivity index (χ0v) is 18.9. The molecule has 1 heterocycles. The quantitative estimate of drug-likeness (QED) is 0.306. The van der Waals surface area contributed by atoms with Crippen molar-refractivity contribution in [3.8, 4) is 5.75 Å². The smallest absolute Gasteiger partial charge is 0.281 e. The molecule has 0 unspecified atom stereocenters. The van der Waals surface area contributed by atoms with Gasteiger partial charge in [-0.05, 0) is 54.1 Å². The van der Waals surface area contributed by atoms with Crippen LogP contribution in [0.3, 0.4) is 0 Å². The van der Waals surface area contributed by atoms with E-state index in [1.165, 1.54) is 16.4 Å². The standard InChI is InChI=1S/C23H18BrN3O3S/c1-30-18-11-9-16(10-12-18)21(28)26-27-22(29)19-7-2-3-8-20(19)25-23(27)31-14-15-5-4-6-17(24)13-15/h2-13H,14H2,1H3,(H,26,28). The Morgan fingerprint density at radius 1 is 1.10 bits per heavy atom. The molecule has 3 aromatic carbocycles. The highest BCUT2D eigenvalue weighted by atomic mass is 79.9. The average molecular weight is 496 g/mol. The number of ether oxygens (including phenoxy) is 1. The molecule has 4 aromatic rings. The number of fused-ring (bicyclic) bond motifs is 1. The number of carbonyl (C=O) groups excluding carboxylic acids is 1. The zero-order chi connectivity index (χ0) is 21.8. The number of carbonyl (C=O) groups is 1. The normalized spacial score (nSPS) is 10.8. The third-order valence-electron chi connectivity index (χ3n) is 4.57. The first-order valence-electron chi connectivity index (χ1n) is 9.39. The summed E-state index contributed by atoms with van der Waals surface area (Å²) in [6.07, 6.45) is 0. The van der Waals surface area contributed by atoms with E-state index in [-0.39, 0.29) is 5.56 Å². The van der Waals surface area contributed by atoms with Crippen LogP contribution < -0.4 is 15.7 Å². The topological polar surface area (TPSA) is 73.2 Å². The summed E-state index contributed by atoms with van der Waals surface area (Å²) in [5.74, 6) is 0.820. The van der Waals surface area contributed by atoms with Crippen molar-refractivity contribution in [1.82, 2.24) is 9.66 Å². The van der Waals surface area contributed by atoms with Crippen LogP contribution in [0.25, 0.3) is 10.9 Å². The molecule has 0 bridgehead atoms. The van der Waals surface area contributed by atoms with Gasteiger partial charge in [-0.25, -0.2) is 4.98 Å². The molecule has 0 fully saturated rings. The Balaban J connectivity index is 1.69. The third-order valence-corrected chi connectivity index (χ3v) is 6.07. The van der Waals surface area contributed by atoms with E-state index in [2.05, 4.69) is 26.3 Å². The Kier molecular flexibility index (Phi) is 6.39. The molecule has 0 atom stereocenters. The summed E-state index contributed by atoms with van der Waals surface area (Å²) < 4.78 is 7.33. The maximum absolute atomic E-state index is 13.1. The van der Waals surface area contributed by atoms with Crippen molar-refractivity contribution in [2.24, 2.45) is 0 Å². The van der Waals surface area contributed by atoms with Crippen LogP contribution in [0.15, 0.2) is 87.2 Å². The Morgan fingerprint density at radius 3 is 2.61 bits per heavy atom. The second kappa shape index (κ2) is 9.36. The molecule has 0 saturated heterocycles. The highest BCUT2D eigenvalue weighted by molar-refractivity contribution is 9.10. The van der Waals surface area contributed by atoms with E-state index in [1.807, 2.05) is 30.3 Å². The summed E-state index contributed by atoms with van der Waals surface area (Å²) in [6.45, 7) is 0. The number of amides is 1. The Labute approximate surface area is 191 Å². The van der Waals surface area contributed by atoms with E-state index in [0.29, 0.717) is 33.1 Å². The van der Waals surface area contributed by atoms with Crippen LogP contribution in [0.1, 0.15) is 15.9 Å². The van der Waals surface area contributed by atoms with Gasteiger partial charge in [-0.1, -0.05) is 52.0 Å². The second-order valence-electron chi connectivity index (χ2n) is 6.64. The van der Waals surface area contributed by atoms with Crippen molar-refractivity contribution in [2.75, 3.05) is 12.5 Å². The minimum atomic E-state index is -0.411. The molecule has 1 N–H and O–H groups in total. The molecule has 4 rings (SSSR count). The lowest BCUT2D eigenvalue weighted by atomic mass is 10.2. The molecule has 0 saturated carbocycles. The average Bonchev–Trinajstić information content (AvgIpc) is 2.80. The van der Waals surface area contributed by atoms with Gasteiger partial charge < -0.3 is 4.74 Å². The van der Waals surface area contributed by atoms with Gasteiger partial charge in [0.1, 0.15) is 5.75 Å². The van der Waals surface area contributed by atoms with E-state index in [1.54, 1.807) is 49.6 Å². The maximum Gasteiger partial charge on any atom is 0.281 e. The number of hydrogen-bond donors (Lipinski definition) is 1. The summed E-state index contributed by atoms with van der Waals surface area (Å²) in [6, 6.07) is 21.7. The zero-order valence-electron chi connectivity index (χ0n) is 16.5. The molecule has 0 aliphatic carbocycles. The molecule has 1 aromatic heterocycles. The van der Waals surface area contributed by atoms with Crippen molar-refractivity contribution < 1.29 is 9.53 Å². The van der Waals surface area contributed by atoms with Crippen LogP contribution in [0.4, 0.5) is 0 Å². The van der Waals surface area contributed by atoms with Gasteiger partial charge in [0, 0.05) is 15.8 Å². The van der Waals surface area contributed by atoms with Gasteiger partial charge in [-0.3, -0.25) is 15.0 Å². The molecular formula is C23H18BrN3O3S. The van der Waals surface area contributed by atoms with E-state index < -0.39 is 5.91 Å². The Morgan fingerprint density at radius 2 is 1.87 bits per heavy atom. The lowest BCUT2D eigenvalue weighted by molar-refractivity contribution is 0.100. The molecule has 0 aliphatic rings. The van der Waals surface area contributed by atoms with E-state index in [4.69, 9.17) is 4.74 Å². The summed E-state index contributed by atoms with van der Waals surface area (Å²) in [5.41, 5.74) is 4.43. The summed E-state index contributed by atoms with van der Waals surface area (Å²) in [7, 11) is 1.56. The molecule has 0 spiro atoms. The summed E-state index contributed by atoms with van der Waals surface area (Å²) in [5, 5.41) is 0.842. The van der Waals surface area contributed by atoms with E-state index in [9.17, 15) is 9.59 Å². The minimum Gasteiger partial charge on any atom is -0.497 e. The van der Waals surface area contributed by atoms with Gasteiger partial charge in [0.15, 0.2) is 5.16 Å². The van der Waals surface area contributed by atoms with Gasteiger partial charge in [0.05, 0.1) is 18.0 Å². The van der Waals surface area contributed by atoms with Crippen LogP contribution in [-0.4, -0.2) is 22.7 Å². The number of nitrogens with zero attached hydrogens (tertiary/aromatic N) is 2. The predicted octanol–water partition coefficient (Wildman–Crippen LogP) is 4.84. The van der Waals surface area contributed by atoms with Crippen molar-refractivity contribution in [3.63, 3.8) is 0 Å². The van der Waals surface area contributed by atoms with Crippen LogP contribution in [0.2, 0.25) is 0 Å². The largest absolute Gasteiger partial charge is 0.497 e.